The summed E-state index contributed by atoms with van der Waals surface area (Å²) in [6.45, 7) is 0. The van der Waals surface area contributed by atoms with E-state index in [1.807, 2.05) is 36.4 Å². The van der Waals surface area contributed by atoms with Gasteiger partial charge in [0.15, 0.2) is 5.13 Å². The van der Waals surface area contributed by atoms with Crippen LogP contribution in [-0.2, 0) is 0 Å². The van der Waals surface area contributed by atoms with Crippen LogP contribution in [0.3, 0.4) is 0 Å². The van der Waals surface area contributed by atoms with E-state index >= 15 is 0 Å². The number of carbonyl (C=O) groups is 1. The van der Waals surface area contributed by atoms with Gasteiger partial charge in [-0.3, -0.25) is 0 Å². The highest BCUT2D eigenvalue weighted by molar-refractivity contribution is 9.10. The van der Waals surface area contributed by atoms with Crippen LogP contribution < -0.4 is 16.2 Å². The minimum absolute atomic E-state index is 0.269. The average Bonchev–Trinajstić information content (AvgIpc) is 3.07. The Morgan fingerprint density at radius 2 is 1.52 bits per heavy atom. The molecule has 0 saturated carbocycles. The fraction of sp³-hybridized carbons (Fsp3) is 0. The van der Waals surface area contributed by atoms with Gasteiger partial charge < -0.3 is 16.2 Å². The largest absolute Gasteiger partial charge is 0.411 e. The molecule has 0 aliphatic carbocycles. The van der Waals surface area contributed by atoms with E-state index in [0.717, 1.165) is 29.4 Å². The molecule has 0 bridgehead atoms. The van der Waals surface area contributed by atoms with E-state index in [0.29, 0.717) is 5.13 Å². The number of aromatic nitrogens is 2. The number of ether oxygens (including phenoxy) is 1. The lowest BCUT2D eigenvalue weighted by molar-refractivity contribution is 0.211. The number of hydrogen-bond acceptors (Lipinski definition) is 7. The van der Waals surface area contributed by atoms with Crippen molar-refractivity contribution in [2.24, 2.45) is 5.73 Å². The van der Waals surface area contributed by atoms with Crippen LogP contribution in [0.2, 0.25) is 0 Å². The number of benzene rings is 2. The summed E-state index contributed by atoms with van der Waals surface area (Å²) in [4.78, 5) is 18.7. The van der Waals surface area contributed by atoms with Gasteiger partial charge in [0.25, 0.3) is 5.19 Å². The molecule has 25 heavy (non-hydrogen) atoms. The van der Waals surface area contributed by atoms with E-state index in [-0.39, 0.29) is 5.19 Å². The number of rotatable bonds is 1. The summed E-state index contributed by atoms with van der Waals surface area (Å²) in [6.07, 6.45) is -0.844. The highest BCUT2D eigenvalue weighted by atomic mass is 79.9. The number of fused-ring (bicyclic) bond motifs is 2. The average molecular weight is 502 g/mol. The molecule has 6 nitrogen and oxygen atoms in total. The Bertz CT molecular complexity index is 1060. The van der Waals surface area contributed by atoms with Gasteiger partial charge in [-0.2, -0.15) is 0 Å². The van der Waals surface area contributed by atoms with Gasteiger partial charge in [0.2, 0.25) is 0 Å². The van der Waals surface area contributed by atoms with Crippen molar-refractivity contribution in [2.75, 3.05) is 5.73 Å². The molecule has 0 aliphatic rings. The Labute approximate surface area is 167 Å². The van der Waals surface area contributed by atoms with Crippen LogP contribution in [0.1, 0.15) is 0 Å². The third kappa shape index (κ3) is 4.66. The van der Waals surface area contributed by atoms with E-state index in [1.54, 1.807) is 0 Å². The molecule has 0 fully saturated rings. The van der Waals surface area contributed by atoms with E-state index < -0.39 is 6.09 Å². The van der Waals surface area contributed by atoms with Crippen LogP contribution >= 0.6 is 54.5 Å². The monoisotopic (exact) mass is 500 g/mol. The SMILES string of the molecule is NC(=O)Oc1nc2ccc(Br)cc2s1.Nc1nc2ccc(Br)cc2s1. The molecule has 0 saturated heterocycles. The topological polar surface area (TPSA) is 104 Å². The van der Waals surface area contributed by atoms with Crippen molar-refractivity contribution < 1.29 is 9.53 Å². The van der Waals surface area contributed by atoms with E-state index in [2.05, 4.69) is 46.6 Å². The number of halogens is 2. The van der Waals surface area contributed by atoms with Crippen molar-refractivity contribution in [3.05, 3.63) is 45.3 Å². The second-order valence-electron chi connectivity index (χ2n) is 4.68. The van der Waals surface area contributed by atoms with Gasteiger partial charge in [-0.1, -0.05) is 54.5 Å². The number of nitrogens with zero attached hydrogens (tertiary/aromatic N) is 2. The van der Waals surface area contributed by atoms with Gasteiger partial charge in [-0.25, -0.2) is 14.8 Å². The predicted molar refractivity (Wildman–Crippen MR) is 109 cm³/mol. The summed E-state index contributed by atoms with van der Waals surface area (Å²) in [5.74, 6) is 0. The summed E-state index contributed by atoms with van der Waals surface area (Å²) < 4.78 is 8.75. The number of primary amides is 1. The maximum Gasteiger partial charge on any atom is 0.411 e. The first-order valence-corrected chi connectivity index (χ1v) is 9.97. The molecule has 2 aromatic carbocycles. The van der Waals surface area contributed by atoms with Crippen LogP contribution in [0.4, 0.5) is 9.93 Å². The normalized spacial score (nSPS) is 10.5. The summed E-state index contributed by atoms with van der Waals surface area (Å²) >= 11 is 9.50. The first kappa shape index (κ1) is 18.1. The molecule has 10 heteroatoms. The molecule has 0 aliphatic heterocycles. The van der Waals surface area contributed by atoms with Crippen LogP contribution in [0.25, 0.3) is 20.4 Å². The number of anilines is 1. The molecule has 4 rings (SSSR count). The molecule has 0 atom stereocenters. The molecule has 0 radical (unpaired) electrons. The molecular formula is C15H10Br2N4O2S2. The standard InChI is InChI=1S/C8H5BrN2O2S.C7H5BrN2S/c9-4-1-2-5-6(3-4)14-8(11-5)13-7(10)12;8-4-1-2-5-6(3-4)11-7(9)10-5/h1-3H,(H2,10,12);1-3H,(H2,9,10). The second kappa shape index (κ2) is 7.65. The molecule has 2 aromatic heterocycles. The van der Waals surface area contributed by atoms with Crippen molar-refractivity contribution in [3.63, 3.8) is 0 Å². The van der Waals surface area contributed by atoms with Gasteiger partial charge in [-0.15, -0.1) is 0 Å². The lowest BCUT2D eigenvalue weighted by Gasteiger charge is -1.90. The summed E-state index contributed by atoms with van der Waals surface area (Å²) in [5.41, 5.74) is 12.2. The molecule has 0 spiro atoms. The lowest BCUT2D eigenvalue weighted by atomic mass is 10.3. The number of nitrogen functional groups attached to an aromatic ring is 1. The van der Waals surface area contributed by atoms with E-state index in [9.17, 15) is 4.79 Å². The first-order valence-electron chi connectivity index (χ1n) is 6.75. The van der Waals surface area contributed by atoms with Gasteiger partial charge in [0.1, 0.15) is 0 Å². The van der Waals surface area contributed by atoms with Crippen molar-refractivity contribution in [2.45, 2.75) is 0 Å². The Balaban J connectivity index is 0.000000150. The quantitative estimate of drug-likeness (QED) is 0.375. The summed E-state index contributed by atoms with van der Waals surface area (Å²) in [6, 6.07) is 11.5. The number of amides is 1. The van der Waals surface area contributed by atoms with Crippen LogP contribution in [0.15, 0.2) is 45.3 Å². The number of carbonyl (C=O) groups excluding carboxylic acids is 1. The predicted octanol–water partition coefficient (Wildman–Crippen LogP) is 5.16. The van der Waals surface area contributed by atoms with Crippen molar-refractivity contribution in [1.29, 1.82) is 0 Å². The Kier molecular flexibility index (Phi) is 5.52. The van der Waals surface area contributed by atoms with Crippen molar-refractivity contribution in [1.82, 2.24) is 9.97 Å². The number of nitrogens with two attached hydrogens (primary N) is 2. The van der Waals surface area contributed by atoms with Gasteiger partial charge in [0, 0.05) is 8.95 Å². The maximum absolute atomic E-state index is 10.5. The molecular weight excluding hydrogens is 492 g/mol. The lowest BCUT2D eigenvalue weighted by Crippen LogP contribution is -2.15. The molecule has 2 heterocycles. The zero-order valence-corrected chi connectivity index (χ0v) is 17.2. The van der Waals surface area contributed by atoms with Crippen molar-refractivity contribution >= 4 is 86.2 Å². The Morgan fingerprint density at radius 3 is 2.12 bits per heavy atom. The highest BCUT2D eigenvalue weighted by Crippen LogP contribution is 2.29. The maximum atomic E-state index is 10.5. The minimum Gasteiger partial charge on any atom is -0.381 e. The van der Waals surface area contributed by atoms with Crippen molar-refractivity contribution in [3.8, 4) is 5.19 Å². The fourth-order valence-corrected chi connectivity index (χ4v) is 4.58. The second-order valence-corrected chi connectivity index (χ2v) is 8.56. The zero-order chi connectivity index (χ0) is 18.0. The summed E-state index contributed by atoms with van der Waals surface area (Å²) in [7, 11) is 0. The molecule has 128 valence electrons. The van der Waals surface area contributed by atoms with Gasteiger partial charge in [-0.05, 0) is 36.4 Å². The van der Waals surface area contributed by atoms with E-state index in [1.165, 1.54) is 22.7 Å². The third-order valence-electron chi connectivity index (χ3n) is 2.89. The van der Waals surface area contributed by atoms with Crippen LogP contribution in [0, 0.1) is 0 Å². The minimum atomic E-state index is -0.844. The van der Waals surface area contributed by atoms with Gasteiger partial charge in [0.05, 0.1) is 20.4 Å². The molecule has 4 aromatic rings. The number of hydrogen-bond donors (Lipinski definition) is 2. The molecule has 4 N–H and O–H groups in total. The highest BCUT2D eigenvalue weighted by Gasteiger charge is 2.07. The zero-order valence-electron chi connectivity index (χ0n) is 12.4. The Hall–Kier alpha value is -1.75. The van der Waals surface area contributed by atoms with Crippen LogP contribution in [-0.4, -0.2) is 16.1 Å². The smallest absolute Gasteiger partial charge is 0.381 e. The van der Waals surface area contributed by atoms with E-state index in [4.69, 9.17) is 11.5 Å². The number of thiazole rings is 2. The first-order chi connectivity index (χ1) is 11.9. The summed E-state index contributed by atoms with van der Waals surface area (Å²) in [5, 5.41) is 0.892. The third-order valence-corrected chi connectivity index (χ3v) is 5.62. The Morgan fingerprint density at radius 1 is 0.960 bits per heavy atom. The van der Waals surface area contributed by atoms with Gasteiger partial charge >= 0.3 is 6.09 Å². The fourth-order valence-electron chi connectivity index (χ4n) is 1.92. The van der Waals surface area contributed by atoms with Crippen LogP contribution in [0.5, 0.6) is 5.19 Å². The molecule has 0 unspecified atom stereocenters. The molecule has 1 amide bonds.